The second-order valence-corrected chi connectivity index (χ2v) is 8.98. The number of benzene rings is 2. The zero-order chi connectivity index (χ0) is 24.2. The number of hydrogen-bond donors (Lipinski definition) is 4. The molecule has 0 atom stereocenters. The Kier molecular flexibility index (Phi) is 6.56. The van der Waals surface area contributed by atoms with Gasteiger partial charge in [0.25, 0.3) is 5.91 Å². The van der Waals surface area contributed by atoms with Crippen LogP contribution in [0.4, 0.5) is 33.2 Å². The lowest BCUT2D eigenvalue weighted by atomic mass is 10.1. The van der Waals surface area contributed by atoms with Gasteiger partial charge in [-0.1, -0.05) is 25.0 Å². The van der Waals surface area contributed by atoms with Crippen LogP contribution in [0.25, 0.3) is 0 Å². The Balaban J connectivity index is 1.26. The van der Waals surface area contributed by atoms with E-state index in [2.05, 4.69) is 31.2 Å². The number of amides is 2. The molecule has 35 heavy (non-hydrogen) atoms. The highest BCUT2D eigenvalue weighted by molar-refractivity contribution is 5.97. The van der Waals surface area contributed by atoms with Crippen molar-refractivity contribution in [1.29, 1.82) is 0 Å². The summed E-state index contributed by atoms with van der Waals surface area (Å²) in [4.78, 5) is 32.9. The fraction of sp³-hybridized carbons (Fsp3) is 0.308. The maximum absolute atomic E-state index is 14.5. The molecule has 0 unspecified atom stereocenters. The van der Waals surface area contributed by atoms with Crippen LogP contribution in [0.1, 0.15) is 48.9 Å². The molecule has 1 aromatic heterocycles. The van der Waals surface area contributed by atoms with Gasteiger partial charge in [-0.25, -0.2) is 9.37 Å². The molecule has 0 radical (unpaired) electrons. The van der Waals surface area contributed by atoms with Gasteiger partial charge in [0.2, 0.25) is 11.9 Å². The van der Waals surface area contributed by atoms with Crippen LogP contribution in [0.3, 0.4) is 0 Å². The van der Waals surface area contributed by atoms with Gasteiger partial charge in [-0.15, -0.1) is 0 Å². The molecule has 180 valence electrons. The van der Waals surface area contributed by atoms with Crippen molar-refractivity contribution in [2.24, 2.45) is 5.92 Å². The van der Waals surface area contributed by atoms with Crippen molar-refractivity contribution in [2.75, 3.05) is 16.0 Å². The highest BCUT2D eigenvalue weighted by Crippen LogP contribution is 2.32. The number of carbonyl (C=O) groups excluding carboxylic acids is 2. The van der Waals surface area contributed by atoms with Gasteiger partial charge in [0.05, 0.1) is 17.6 Å². The molecule has 2 fully saturated rings. The van der Waals surface area contributed by atoms with Crippen molar-refractivity contribution in [3.05, 3.63) is 66.1 Å². The number of anilines is 5. The van der Waals surface area contributed by atoms with E-state index in [1.54, 1.807) is 48.5 Å². The van der Waals surface area contributed by atoms with Crippen molar-refractivity contribution < 1.29 is 14.0 Å². The smallest absolute Gasteiger partial charge is 0.251 e. The summed E-state index contributed by atoms with van der Waals surface area (Å²) in [5.74, 6) is -0.530. The Morgan fingerprint density at radius 3 is 2.31 bits per heavy atom. The zero-order valence-electron chi connectivity index (χ0n) is 19.2. The molecule has 2 aromatic carbocycles. The number of carbonyl (C=O) groups is 2. The van der Waals surface area contributed by atoms with Gasteiger partial charge in [0.1, 0.15) is 0 Å². The fourth-order valence-electron chi connectivity index (χ4n) is 4.10. The van der Waals surface area contributed by atoms with Crippen molar-refractivity contribution in [3.63, 3.8) is 0 Å². The fourth-order valence-corrected chi connectivity index (χ4v) is 4.10. The first-order valence-corrected chi connectivity index (χ1v) is 11.9. The predicted molar refractivity (Wildman–Crippen MR) is 133 cm³/mol. The van der Waals surface area contributed by atoms with Crippen LogP contribution in [0.5, 0.6) is 0 Å². The first kappa shape index (κ1) is 22.8. The SMILES string of the molecule is O=C(NC1CCCC1)c1ccc(Nc2ncc(F)c(Nc3ccccc3NC(=O)C3CC3)n2)cc1. The van der Waals surface area contributed by atoms with Gasteiger partial charge < -0.3 is 21.3 Å². The van der Waals surface area contributed by atoms with Crippen molar-refractivity contribution in [3.8, 4) is 0 Å². The third-order valence-corrected chi connectivity index (χ3v) is 6.22. The summed E-state index contributed by atoms with van der Waals surface area (Å²) in [6, 6.07) is 14.3. The Bertz CT molecular complexity index is 1220. The minimum Gasteiger partial charge on any atom is -0.349 e. The quantitative estimate of drug-likeness (QED) is 0.361. The predicted octanol–water partition coefficient (Wildman–Crippen LogP) is 5.12. The van der Waals surface area contributed by atoms with E-state index in [4.69, 9.17) is 0 Å². The van der Waals surface area contributed by atoms with E-state index in [0.717, 1.165) is 44.7 Å². The lowest BCUT2D eigenvalue weighted by molar-refractivity contribution is -0.117. The monoisotopic (exact) mass is 474 g/mol. The summed E-state index contributed by atoms with van der Waals surface area (Å²) in [6.45, 7) is 0. The molecule has 1 heterocycles. The Morgan fingerprint density at radius 1 is 0.886 bits per heavy atom. The third-order valence-electron chi connectivity index (χ3n) is 6.22. The largest absolute Gasteiger partial charge is 0.349 e. The summed E-state index contributed by atoms with van der Waals surface area (Å²) >= 11 is 0. The summed E-state index contributed by atoms with van der Waals surface area (Å²) in [6.07, 6.45) is 7.23. The number of aromatic nitrogens is 2. The number of rotatable bonds is 8. The van der Waals surface area contributed by atoms with E-state index in [-0.39, 0.29) is 35.5 Å². The highest BCUT2D eigenvalue weighted by Gasteiger charge is 2.30. The average molecular weight is 475 g/mol. The summed E-state index contributed by atoms with van der Waals surface area (Å²) in [5.41, 5.74) is 2.33. The van der Waals surface area contributed by atoms with E-state index in [0.29, 0.717) is 22.6 Å². The van der Waals surface area contributed by atoms with Gasteiger partial charge >= 0.3 is 0 Å². The lowest BCUT2D eigenvalue weighted by Gasteiger charge is -2.14. The number of halogens is 1. The summed E-state index contributed by atoms with van der Waals surface area (Å²) < 4.78 is 14.5. The summed E-state index contributed by atoms with van der Waals surface area (Å²) in [5, 5.41) is 11.9. The maximum atomic E-state index is 14.5. The Labute approximate surface area is 202 Å². The normalized spacial score (nSPS) is 15.5. The van der Waals surface area contributed by atoms with Crippen LogP contribution in [0.2, 0.25) is 0 Å². The number of nitrogens with zero attached hydrogens (tertiary/aromatic N) is 2. The van der Waals surface area contributed by atoms with E-state index in [1.165, 1.54) is 0 Å². The second-order valence-electron chi connectivity index (χ2n) is 8.98. The molecule has 0 spiro atoms. The minimum absolute atomic E-state index is 0.0248. The Hall–Kier alpha value is -4.01. The molecule has 0 aliphatic heterocycles. The van der Waals surface area contributed by atoms with Crippen LogP contribution in [0, 0.1) is 11.7 Å². The molecule has 5 rings (SSSR count). The zero-order valence-corrected chi connectivity index (χ0v) is 19.2. The van der Waals surface area contributed by atoms with Crippen molar-refractivity contribution in [1.82, 2.24) is 15.3 Å². The van der Waals surface area contributed by atoms with Gasteiger partial charge in [-0.3, -0.25) is 9.59 Å². The maximum Gasteiger partial charge on any atom is 0.251 e. The van der Waals surface area contributed by atoms with Gasteiger partial charge in [-0.05, 0) is 62.1 Å². The van der Waals surface area contributed by atoms with Crippen LogP contribution in [-0.2, 0) is 4.79 Å². The van der Waals surface area contributed by atoms with E-state index >= 15 is 0 Å². The molecule has 2 aliphatic rings. The Morgan fingerprint density at radius 2 is 1.60 bits per heavy atom. The molecule has 0 bridgehead atoms. The number of nitrogens with one attached hydrogen (secondary N) is 4. The van der Waals surface area contributed by atoms with Gasteiger partial charge in [-0.2, -0.15) is 4.98 Å². The average Bonchev–Trinajstić information content (AvgIpc) is 3.60. The van der Waals surface area contributed by atoms with Gasteiger partial charge in [0.15, 0.2) is 11.6 Å². The number of para-hydroxylation sites is 2. The standard InChI is InChI=1S/C26H27FN6O2/c27-20-15-28-26(30-19-13-11-17(12-14-19)24(34)29-18-5-1-2-6-18)33-23(20)31-21-7-3-4-8-22(21)32-25(35)16-9-10-16/h3-4,7-8,11-16,18H,1-2,5-6,9-10H2,(H,29,34)(H,32,35)(H2,28,30,31,33). The first-order chi connectivity index (χ1) is 17.0. The van der Waals surface area contributed by atoms with Crippen molar-refractivity contribution in [2.45, 2.75) is 44.6 Å². The van der Waals surface area contributed by atoms with Crippen LogP contribution in [0.15, 0.2) is 54.7 Å². The molecule has 4 N–H and O–H groups in total. The minimum atomic E-state index is -0.627. The summed E-state index contributed by atoms with van der Waals surface area (Å²) in [7, 11) is 0. The second kappa shape index (κ2) is 10.1. The van der Waals surface area contributed by atoms with E-state index in [1.807, 2.05) is 0 Å². The van der Waals surface area contributed by atoms with Crippen LogP contribution >= 0.6 is 0 Å². The number of hydrogen-bond acceptors (Lipinski definition) is 6. The first-order valence-electron chi connectivity index (χ1n) is 11.9. The molecule has 2 saturated carbocycles. The van der Waals surface area contributed by atoms with E-state index in [9.17, 15) is 14.0 Å². The molecular weight excluding hydrogens is 447 g/mol. The van der Waals surface area contributed by atoms with E-state index < -0.39 is 5.82 Å². The highest BCUT2D eigenvalue weighted by atomic mass is 19.1. The van der Waals surface area contributed by atoms with Gasteiger partial charge in [0, 0.05) is 23.2 Å². The third kappa shape index (κ3) is 5.74. The molecular formula is C26H27FN6O2. The molecule has 2 amide bonds. The lowest BCUT2D eigenvalue weighted by Crippen LogP contribution is -2.32. The topological polar surface area (TPSA) is 108 Å². The van der Waals surface area contributed by atoms with Crippen LogP contribution in [-0.4, -0.2) is 27.8 Å². The van der Waals surface area contributed by atoms with Crippen LogP contribution < -0.4 is 21.3 Å². The van der Waals surface area contributed by atoms with Crippen molar-refractivity contribution >= 4 is 40.6 Å². The molecule has 9 heteroatoms. The molecule has 0 saturated heterocycles. The molecule has 2 aliphatic carbocycles. The molecule has 3 aromatic rings. The molecule has 8 nitrogen and oxygen atoms in total.